The summed E-state index contributed by atoms with van der Waals surface area (Å²) in [5.74, 6) is -1.66. The maximum absolute atomic E-state index is 13.5. The lowest BCUT2D eigenvalue weighted by Crippen LogP contribution is -2.27. The number of unbranched alkanes of at least 4 members (excludes halogenated alkanes) is 13. The molecule has 63 heavy (non-hydrogen) atoms. The first-order valence-corrected chi connectivity index (χ1v) is 23.3. The highest BCUT2D eigenvalue weighted by atomic mass is 32.2. The van der Waals surface area contributed by atoms with Gasteiger partial charge in [0.05, 0.1) is 24.2 Å². The molecule has 0 radical (unpaired) electrons. The summed E-state index contributed by atoms with van der Waals surface area (Å²) in [6.45, 7) is 5.33. The summed E-state index contributed by atoms with van der Waals surface area (Å²) in [7, 11) is -3.56. The number of hydrogen-bond donors (Lipinski definition) is 2. The number of amides is 1. The Bertz CT molecular complexity index is 2290. The molecule has 4 rings (SSSR count). The van der Waals surface area contributed by atoms with E-state index in [0.29, 0.717) is 29.5 Å². The fraction of sp³-hybridized carbons (Fsp3) is 0.500. The number of sulfonamides is 1. The van der Waals surface area contributed by atoms with Crippen LogP contribution in [0.2, 0.25) is 0 Å². The number of anilines is 4. The smallest absolute Gasteiger partial charge is 0.433 e. The Hall–Kier alpha value is -5.90. The van der Waals surface area contributed by atoms with E-state index >= 15 is 0 Å². The number of halogens is 3. The third-order valence-corrected chi connectivity index (χ3v) is 10.5. The summed E-state index contributed by atoms with van der Waals surface area (Å²) in [5.41, 5.74) is 0.248. The molecule has 15 nitrogen and oxygen atoms in total. The minimum Gasteiger partial charge on any atom is -0.464 e. The normalized spacial score (nSPS) is 11.7. The molecule has 0 aliphatic rings. The van der Waals surface area contributed by atoms with Crippen LogP contribution >= 0.6 is 0 Å². The number of nitrogens with one attached hydrogen (secondary N) is 2. The fourth-order valence-electron chi connectivity index (χ4n) is 6.62. The van der Waals surface area contributed by atoms with Crippen LogP contribution in [0.25, 0.3) is 5.95 Å². The van der Waals surface area contributed by atoms with Gasteiger partial charge in [0, 0.05) is 29.7 Å². The van der Waals surface area contributed by atoms with Crippen LogP contribution < -0.4 is 14.9 Å². The van der Waals surface area contributed by atoms with Gasteiger partial charge in [-0.1, -0.05) is 97.3 Å². The number of carbonyl (C=O) groups excluding carboxylic acids is 2. The zero-order valence-electron chi connectivity index (χ0n) is 36.4. The number of rotatable bonds is 26. The number of alkyl halides is 3. The topological polar surface area (TPSA) is 197 Å². The maximum atomic E-state index is 13.5. The van der Waals surface area contributed by atoms with Crippen molar-refractivity contribution in [3.8, 4) is 12.0 Å². The average molecular weight is 895 g/mol. The lowest BCUT2D eigenvalue weighted by atomic mass is 10.0. The number of aromatic nitrogens is 4. The van der Waals surface area contributed by atoms with Gasteiger partial charge in [-0.3, -0.25) is 14.3 Å². The minimum atomic E-state index is -4.78. The first-order chi connectivity index (χ1) is 30.1. The van der Waals surface area contributed by atoms with Gasteiger partial charge in [0.15, 0.2) is 5.82 Å². The number of azo groups is 1. The standard InChI is InChI=1S/C44H57F3N10O5S/c1-5-7-8-9-10-11-12-13-14-15-16-17-18-19-28-62-41(59)31-56(34-22-20-33(21-23-34)55-63(4,60)61)35-24-25-37(38(29-35)50-40(58)6-2)52-53-42-36(30-48)32(3)54-57(42)43-49-27-26-39(51-43)44(45,46)47/h20-27,29,55H,5-19,28,31H2,1-4H3,(H,50,58). The largest absolute Gasteiger partial charge is 0.464 e. The minimum absolute atomic E-state index is 0.0856. The van der Waals surface area contributed by atoms with Gasteiger partial charge in [0.1, 0.15) is 29.6 Å². The molecule has 340 valence electrons. The molecular formula is C44H57F3N10O5S. The Morgan fingerprint density at radius 3 is 2.05 bits per heavy atom. The number of hydrogen-bond acceptors (Lipinski definition) is 12. The zero-order valence-corrected chi connectivity index (χ0v) is 37.2. The van der Waals surface area contributed by atoms with E-state index < -0.39 is 39.7 Å². The average Bonchev–Trinajstić information content (AvgIpc) is 3.57. The van der Waals surface area contributed by atoms with Crippen LogP contribution in [-0.4, -0.2) is 59.5 Å². The molecule has 0 atom stereocenters. The van der Waals surface area contributed by atoms with Crippen LogP contribution in [0.4, 0.5) is 47.4 Å². The Kier molecular flexibility index (Phi) is 19.5. The van der Waals surface area contributed by atoms with E-state index in [1.807, 2.05) is 6.07 Å². The van der Waals surface area contributed by atoms with Gasteiger partial charge in [0.25, 0.3) is 5.95 Å². The van der Waals surface area contributed by atoms with Crippen LogP contribution in [-0.2, 0) is 30.5 Å². The van der Waals surface area contributed by atoms with Crippen LogP contribution in [0.5, 0.6) is 0 Å². The van der Waals surface area contributed by atoms with E-state index in [1.54, 1.807) is 36.1 Å². The second-order valence-corrected chi connectivity index (χ2v) is 16.9. The summed E-state index contributed by atoms with van der Waals surface area (Å²) in [5, 5.41) is 25.3. The second-order valence-electron chi connectivity index (χ2n) is 15.2. The SMILES string of the molecule is CCCCCCCCCCCCCCCCOC(=O)CN(c1ccc(NS(C)(=O)=O)cc1)c1ccc(N=Nc2c(C#N)c(C)nn2-c2nccc(C(F)(F)F)n2)c(NC(=O)CC)c1. The Morgan fingerprint density at radius 2 is 1.48 bits per heavy atom. The molecule has 4 aromatic rings. The molecule has 0 aliphatic carbocycles. The summed E-state index contributed by atoms with van der Waals surface area (Å²) in [4.78, 5) is 35.2. The molecule has 0 fully saturated rings. The molecule has 0 bridgehead atoms. The predicted octanol–water partition coefficient (Wildman–Crippen LogP) is 11.2. The van der Waals surface area contributed by atoms with Crippen molar-refractivity contribution in [2.45, 2.75) is 123 Å². The highest BCUT2D eigenvalue weighted by Gasteiger charge is 2.33. The van der Waals surface area contributed by atoms with E-state index in [1.165, 1.54) is 89.3 Å². The number of carbonyl (C=O) groups is 2. The van der Waals surface area contributed by atoms with E-state index in [-0.39, 0.29) is 48.0 Å². The van der Waals surface area contributed by atoms with E-state index in [0.717, 1.165) is 36.4 Å². The molecule has 2 heterocycles. The molecule has 0 saturated heterocycles. The zero-order chi connectivity index (χ0) is 45.8. The van der Waals surface area contributed by atoms with Gasteiger partial charge in [0.2, 0.25) is 15.9 Å². The Morgan fingerprint density at radius 1 is 0.873 bits per heavy atom. The highest BCUT2D eigenvalue weighted by molar-refractivity contribution is 7.92. The quantitative estimate of drug-likeness (QED) is 0.0347. The molecule has 0 aliphatic heterocycles. The van der Waals surface area contributed by atoms with Gasteiger partial charge < -0.3 is 15.0 Å². The number of nitrogens with zero attached hydrogens (tertiary/aromatic N) is 8. The summed E-state index contributed by atoms with van der Waals surface area (Å²) in [6.07, 6.45) is 14.0. The van der Waals surface area contributed by atoms with Crippen molar-refractivity contribution in [1.82, 2.24) is 19.7 Å². The summed E-state index contributed by atoms with van der Waals surface area (Å²) < 4.78 is 73.2. The lowest BCUT2D eigenvalue weighted by Gasteiger charge is -2.25. The first kappa shape index (κ1) is 49.8. The van der Waals surface area contributed by atoms with Gasteiger partial charge in [-0.15, -0.1) is 10.2 Å². The maximum Gasteiger partial charge on any atom is 0.433 e. The number of esters is 1. The summed E-state index contributed by atoms with van der Waals surface area (Å²) >= 11 is 0. The van der Waals surface area contributed by atoms with Gasteiger partial charge in [-0.25, -0.2) is 18.4 Å². The number of nitriles is 1. The van der Waals surface area contributed by atoms with Crippen LogP contribution in [0.3, 0.4) is 0 Å². The number of ether oxygens (including phenoxy) is 1. The van der Waals surface area contributed by atoms with Gasteiger partial charge in [-0.2, -0.15) is 28.2 Å². The van der Waals surface area contributed by atoms with E-state index in [9.17, 15) is 36.4 Å². The number of benzene rings is 2. The second kappa shape index (κ2) is 24.7. The molecule has 2 N–H and O–H groups in total. The van der Waals surface area contributed by atoms with Crippen molar-refractivity contribution in [1.29, 1.82) is 5.26 Å². The molecule has 1 amide bonds. The van der Waals surface area contributed by atoms with Crippen LogP contribution in [0.15, 0.2) is 65.0 Å². The van der Waals surface area contributed by atoms with E-state index in [4.69, 9.17) is 4.74 Å². The molecule has 0 spiro atoms. The van der Waals surface area contributed by atoms with Crippen molar-refractivity contribution in [3.63, 3.8) is 0 Å². The third-order valence-electron chi connectivity index (χ3n) is 9.94. The van der Waals surface area contributed by atoms with Crippen molar-refractivity contribution in [2.75, 3.05) is 34.3 Å². The number of aryl methyl sites for hydroxylation is 1. The van der Waals surface area contributed by atoms with Crippen molar-refractivity contribution in [3.05, 3.63) is 71.7 Å². The van der Waals surface area contributed by atoms with Crippen LogP contribution in [0, 0.1) is 18.3 Å². The summed E-state index contributed by atoms with van der Waals surface area (Å²) in [6, 6.07) is 13.6. The molecule has 2 aromatic heterocycles. The van der Waals surface area contributed by atoms with Gasteiger partial charge in [-0.05, 0) is 61.9 Å². The molecule has 19 heteroatoms. The molecule has 2 aromatic carbocycles. The Labute approximate surface area is 367 Å². The van der Waals surface area contributed by atoms with Crippen LogP contribution in [0.1, 0.15) is 127 Å². The van der Waals surface area contributed by atoms with Crippen molar-refractivity contribution in [2.24, 2.45) is 10.2 Å². The van der Waals surface area contributed by atoms with Crippen molar-refractivity contribution < 1.29 is 35.9 Å². The van der Waals surface area contributed by atoms with E-state index in [2.05, 4.69) is 42.3 Å². The first-order valence-electron chi connectivity index (χ1n) is 21.4. The predicted molar refractivity (Wildman–Crippen MR) is 236 cm³/mol. The van der Waals surface area contributed by atoms with Crippen molar-refractivity contribution >= 4 is 56.2 Å². The monoisotopic (exact) mass is 894 g/mol. The Balaban J connectivity index is 1.52. The third kappa shape index (κ3) is 16.4. The molecule has 0 saturated carbocycles. The van der Waals surface area contributed by atoms with Gasteiger partial charge >= 0.3 is 12.1 Å². The molecule has 0 unspecified atom stereocenters. The lowest BCUT2D eigenvalue weighted by molar-refractivity contribution is -0.142. The highest BCUT2D eigenvalue weighted by Crippen LogP contribution is 2.36. The fourth-order valence-corrected chi connectivity index (χ4v) is 7.18. The molecular weight excluding hydrogens is 838 g/mol.